The quantitative estimate of drug-likeness (QED) is 0.758. The van der Waals surface area contributed by atoms with Gasteiger partial charge >= 0.3 is 0 Å². The van der Waals surface area contributed by atoms with Gasteiger partial charge in [0.25, 0.3) is 0 Å². The lowest BCUT2D eigenvalue weighted by Gasteiger charge is -2.11. The minimum atomic E-state index is -0.0990. The van der Waals surface area contributed by atoms with Crippen LogP contribution >= 0.6 is 12.2 Å². The van der Waals surface area contributed by atoms with Crippen LogP contribution in [0.25, 0.3) is 0 Å². The highest BCUT2D eigenvalue weighted by Gasteiger charge is 2.06. The summed E-state index contributed by atoms with van der Waals surface area (Å²) in [6, 6.07) is 13.7. The first-order valence-electron chi connectivity index (χ1n) is 4.76. The van der Waals surface area contributed by atoms with Crippen LogP contribution in [-0.2, 0) is 0 Å². The van der Waals surface area contributed by atoms with Crippen molar-refractivity contribution >= 4 is 12.2 Å². The number of rotatable bonds is 2. The molecule has 0 aliphatic heterocycles. The lowest BCUT2D eigenvalue weighted by molar-refractivity contribution is 0.862. The van der Waals surface area contributed by atoms with Crippen molar-refractivity contribution in [1.82, 2.24) is 4.98 Å². The molecule has 1 atom stereocenters. The zero-order chi connectivity index (χ0) is 10.7. The molecule has 0 saturated carbocycles. The molecule has 0 bridgehead atoms. The van der Waals surface area contributed by atoms with E-state index in [0.29, 0.717) is 0 Å². The van der Waals surface area contributed by atoms with Gasteiger partial charge in [0.15, 0.2) is 0 Å². The molecule has 0 unspecified atom stereocenters. The van der Waals surface area contributed by atoms with Crippen LogP contribution in [0.5, 0.6) is 0 Å². The van der Waals surface area contributed by atoms with Crippen LogP contribution < -0.4 is 5.73 Å². The van der Waals surface area contributed by atoms with Crippen LogP contribution in [0.3, 0.4) is 0 Å². The summed E-state index contributed by atoms with van der Waals surface area (Å²) in [5.41, 5.74) is 8.25. The normalized spacial score (nSPS) is 12.3. The molecular weight excluding hydrogens is 204 g/mol. The number of aromatic nitrogens is 1. The number of pyridine rings is 1. The van der Waals surface area contributed by atoms with Gasteiger partial charge in [0.1, 0.15) is 4.64 Å². The molecule has 1 aromatic heterocycles. The SMILES string of the molecule is N[C@@H](c1ccccc1)c1ccc(=S)[nH]c1. The molecular formula is C12H12N2S. The second-order valence-electron chi connectivity index (χ2n) is 3.37. The van der Waals surface area contributed by atoms with Gasteiger partial charge < -0.3 is 10.7 Å². The van der Waals surface area contributed by atoms with Crippen molar-refractivity contribution in [3.63, 3.8) is 0 Å². The van der Waals surface area contributed by atoms with Crippen LogP contribution in [0.4, 0.5) is 0 Å². The van der Waals surface area contributed by atoms with E-state index in [9.17, 15) is 0 Å². The summed E-state index contributed by atoms with van der Waals surface area (Å²) in [7, 11) is 0. The Balaban J connectivity index is 2.32. The largest absolute Gasteiger partial charge is 0.353 e. The lowest BCUT2D eigenvalue weighted by atomic mass is 10.0. The summed E-state index contributed by atoms with van der Waals surface area (Å²) in [5, 5.41) is 0. The van der Waals surface area contributed by atoms with Gasteiger partial charge in [-0.05, 0) is 17.2 Å². The molecule has 0 saturated heterocycles. The zero-order valence-electron chi connectivity index (χ0n) is 8.18. The first kappa shape index (κ1) is 10.1. The third-order valence-corrected chi connectivity index (χ3v) is 2.58. The highest BCUT2D eigenvalue weighted by molar-refractivity contribution is 7.71. The van der Waals surface area contributed by atoms with Gasteiger partial charge in [-0.3, -0.25) is 0 Å². The highest BCUT2D eigenvalue weighted by atomic mass is 32.1. The molecule has 2 aromatic rings. The number of aromatic amines is 1. The maximum absolute atomic E-state index is 6.11. The topological polar surface area (TPSA) is 41.8 Å². The van der Waals surface area contributed by atoms with E-state index in [1.807, 2.05) is 48.7 Å². The summed E-state index contributed by atoms with van der Waals surface area (Å²) < 4.78 is 0.721. The number of benzene rings is 1. The molecule has 1 heterocycles. The first-order chi connectivity index (χ1) is 7.27. The molecule has 3 heteroatoms. The molecule has 2 rings (SSSR count). The number of nitrogens with two attached hydrogens (primary N) is 1. The fourth-order valence-electron chi connectivity index (χ4n) is 1.47. The van der Waals surface area contributed by atoms with Crippen molar-refractivity contribution in [2.24, 2.45) is 5.73 Å². The van der Waals surface area contributed by atoms with Crippen molar-refractivity contribution in [1.29, 1.82) is 0 Å². The first-order valence-corrected chi connectivity index (χ1v) is 5.17. The van der Waals surface area contributed by atoms with Crippen molar-refractivity contribution in [3.8, 4) is 0 Å². The van der Waals surface area contributed by atoms with E-state index in [1.54, 1.807) is 0 Å². The van der Waals surface area contributed by atoms with Gasteiger partial charge in [0, 0.05) is 6.20 Å². The van der Waals surface area contributed by atoms with E-state index in [0.717, 1.165) is 15.8 Å². The zero-order valence-corrected chi connectivity index (χ0v) is 9.00. The number of H-pyrrole nitrogens is 1. The maximum atomic E-state index is 6.11. The molecule has 0 spiro atoms. The van der Waals surface area contributed by atoms with Crippen LogP contribution in [0.15, 0.2) is 48.7 Å². The van der Waals surface area contributed by atoms with Gasteiger partial charge in [0.2, 0.25) is 0 Å². The molecule has 0 amide bonds. The summed E-state index contributed by atoms with van der Waals surface area (Å²) >= 11 is 4.98. The van der Waals surface area contributed by atoms with Crippen LogP contribution in [0.2, 0.25) is 0 Å². The van der Waals surface area contributed by atoms with Crippen LogP contribution in [0, 0.1) is 4.64 Å². The van der Waals surface area contributed by atoms with Crippen LogP contribution in [0.1, 0.15) is 17.2 Å². The molecule has 3 N–H and O–H groups in total. The Bertz CT molecular complexity index is 470. The molecule has 15 heavy (non-hydrogen) atoms. The average Bonchev–Trinajstić information content (AvgIpc) is 2.30. The Morgan fingerprint density at radius 1 is 1.00 bits per heavy atom. The molecule has 0 fully saturated rings. The molecule has 1 aromatic carbocycles. The summed E-state index contributed by atoms with van der Waals surface area (Å²) in [5.74, 6) is 0. The van der Waals surface area contributed by atoms with Crippen molar-refractivity contribution in [3.05, 3.63) is 64.4 Å². The van der Waals surface area contributed by atoms with Crippen molar-refractivity contribution < 1.29 is 0 Å². The number of hydrogen-bond donors (Lipinski definition) is 2. The fourth-order valence-corrected chi connectivity index (χ4v) is 1.60. The third kappa shape index (κ3) is 2.32. The smallest absolute Gasteiger partial charge is 0.103 e. The van der Waals surface area contributed by atoms with E-state index < -0.39 is 0 Å². The van der Waals surface area contributed by atoms with Gasteiger partial charge in [-0.25, -0.2) is 0 Å². The predicted molar refractivity (Wildman–Crippen MR) is 64.1 cm³/mol. The molecule has 2 nitrogen and oxygen atoms in total. The molecule has 0 aliphatic carbocycles. The number of hydrogen-bond acceptors (Lipinski definition) is 2. The third-order valence-electron chi connectivity index (χ3n) is 2.33. The minimum absolute atomic E-state index is 0.0990. The van der Waals surface area contributed by atoms with Crippen molar-refractivity contribution in [2.75, 3.05) is 0 Å². The van der Waals surface area contributed by atoms with E-state index in [2.05, 4.69) is 4.98 Å². The van der Waals surface area contributed by atoms with E-state index in [1.165, 1.54) is 0 Å². The summed E-state index contributed by atoms with van der Waals surface area (Å²) in [6.45, 7) is 0. The fraction of sp³-hybridized carbons (Fsp3) is 0.0833. The predicted octanol–water partition coefficient (Wildman–Crippen LogP) is 2.79. The Kier molecular flexibility index (Phi) is 2.94. The van der Waals surface area contributed by atoms with E-state index in [4.69, 9.17) is 18.0 Å². The van der Waals surface area contributed by atoms with Crippen LogP contribution in [-0.4, -0.2) is 4.98 Å². The standard InChI is InChI=1S/C12H12N2S/c13-12(9-4-2-1-3-5-9)10-6-7-11(15)14-8-10/h1-8,12H,13H2,(H,14,15)/t12-/m0/s1. The molecule has 76 valence electrons. The average molecular weight is 216 g/mol. The second-order valence-corrected chi connectivity index (χ2v) is 3.81. The molecule has 0 aliphatic rings. The van der Waals surface area contributed by atoms with E-state index in [-0.39, 0.29) is 6.04 Å². The van der Waals surface area contributed by atoms with E-state index >= 15 is 0 Å². The Hall–Kier alpha value is -1.45. The maximum Gasteiger partial charge on any atom is 0.103 e. The monoisotopic (exact) mass is 216 g/mol. The summed E-state index contributed by atoms with van der Waals surface area (Å²) in [4.78, 5) is 2.99. The Morgan fingerprint density at radius 3 is 2.33 bits per heavy atom. The lowest BCUT2D eigenvalue weighted by Crippen LogP contribution is -2.11. The highest BCUT2D eigenvalue weighted by Crippen LogP contribution is 2.17. The summed E-state index contributed by atoms with van der Waals surface area (Å²) in [6.07, 6.45) is 1.86. The Labute approximate surface area is 93.8 Å². The Morgan fingerprint density at radius 2 is 1.73 bits per heavy atom. The van der Waals surface area contributed by atoms with Crippen molar-refractivity contribution in [2.45, 2.75) is 6.04 Å². The second kappa shape index (κ2) is 4.38. The van der Waals surface area contributed by atoms with Gasteiger partial charge in [0.05, 0.1) is 6.04 Å². The van der Waals surface area contributed by atoms with Gasteiger partial charge in [-0.1, -0.05) is 48.6 Å². The van der Waals surface area contributed by atoms with Gasteiger partial charge in [-0.2, -0.15) is 0 Å². The minimum Gasteiger partial charge on any atom is -0.353 e. The van der Waals surface area contributed by atoms with Gasteiger partial charge in [-0.15, -0.1) is 0 Å². The number of nitrogens with one attached hydrogen (secondary N) is 1. The molecule has 0 radical (unpaired) electrons.